The predicted octanol–water partition coefficient (Wildman–Crippen LogP) is 4.54. The number of nitrogens with zero attached hydrogens (tertiary/aromatic N) is 1. The highest BCUT2D eigenvalue weighted by molar-refractivity contribution is 4.68. The molecule has 0 aliphatic carbocycles. The van der Waals surface area contributed by atoms with Gasteiger partial charge < -0.3 is 16.4 Å². The van der Waals surface area contributed by atoms with E-state index in [0.717, 1.165) is 13.0 Å². The Labute approximate surface area is 146 Å². The molecule has 0 saturated heterocycles. The highest BCUT2D eigenvalue weighted by Crippen LogP contribution is 2.12. The van der Waals surface area contributed by atoms with Crippen molar-refractivity contribution >= 4 is 0 Å². The molecule has 0 aliphatic rings. The summed E-state index contributed by atoms with van der Waals surface area (Å²) in [4.78, 5) is 2.48. The van der Waals surface area contributed by atoms with Gasteiger partial charge in [-0.25, -0.2) is 0 Å². The molecule has 0 aromatic heterocycles. The third-order valence-electron chi connectivity index (χ3n) is 5.16. The van der Waals surface area contributed by atoms with Crippen molar-refractivity contribution < 1.29 is 0 Å². The lowest BCUT2D eigenvalue weighted by Crippen LogP contribution is -2.31. The average Bonchev–Trinajstić information content (AvgIpc) is 2.56. The molecule has 2 atom stereocenters. The zero-order valence-corrected chi connectivity index (χ0v) is 16.4. The molecule has 3 nitrogen and oxygen atoms in total. The Morgan fingerprint density at radius 2 is 1.26 bits per heavy atom. The van der Waals surface area contributed by atoms with Crippen molar-refractivity contribution in [2.45, 2.75) is 96.9 Å². The van der Waals surface area contributed by atoms with Gasteiger partial charge >= 0.3 is 0 Å². The van der Waals surface area contributed by atoms with E-state index in [1.165, 1.54) is 83.7 Å². The van der Waals surface area contributed by atoms with Gasteiger partial charge in [0.05, 0.1) is 0 Å². The summed E-state index contributed by atoms with van der Waals surface area (Å²) in [5, 5.41) is 0. The molecule has 0 aromatic rings. The Hall–Kier alpha value is -0.120. The zero-order valence-electron chi connectivity index (χ0n) is 16.4. The highest BCUT2D eigenvalue weighted by atomic mass is 15.1. The lowest BCUT2D eigenvalue weighted by atomic mass is 9.97. The molecular formula is C20H45N3. The van der Waals surface area contributed by atoms with Crippen LogP contribution in [0.25, 0.3) is 0 Å². The quantitative estimate of drug-likeness (QED) is 0.386. The zero-order chi connectivity index (χ0) is 17.3. The predicted molar refractivity (Wildman–Crippen MR) is 105 cm³/mol. The van der Waals surface area contributed by atoms with Gasteiger partial charge in [0, 0.05) is 6.04 Å². The van der Waals surface area contributed by atoms with Crippen LogP contribution in [0.3, 0.4) is 0 Å². The van der Waals surface area contributed by atoms with Gasteiger partial charge in [0.25, 0.3) is 0 Å². The lowest BCUT2D eigenvalue weighted by molar-refractivity contribution is 0.282. The Balaban J connectivity index is 3.28. The van der Waals surface area contributed by atoms with Crippen molar-refractivity contribution in [3.05, 3.63) is 0 Å². The van der Waals surface area contributed by atoms with E-state index in [1.807, 2.05) is 0 Å². The third-order valence-corrected chi connectivity index (χ3v) is 5.16. The van der Waals surface area contributed by atoms with Crippen LogP contribution in [-0.4, -0.2) is 37.6 Å². The molecule has 0 saturated carbocycles. The van der Waals surface area contributed by atoms with Gasteiger partial charge in [0.2, 0.25) is 0 Å². The maximum absolute atomic E-state index is 6.09. The first-order chi connectivity index (χ1) is 11.1. The second-order valence-corrected chi connectivity index (χ2v) is 7.47. The molecule has 2 unspecified atom stereocenters. The molecule has 0 spiro atoms. The summed E-state index contributed by atoms with van der Waals surface area (Å²) in [6.07, 6.45) is 16.0. The molecule has 0 heterocycles. The normalized spacial score (nSPS) is 14.3. The standard InChI is InChI=1S/C20H45N3/c1-4-20(22)19(2)15-18-23(3)17-14-12-10-8-6-5-7-9-11-13-16-21/h19-20H,4-18,21-22H2,1-3H3. The maximum Gasteiger partial charge on any atom is 0.00623 e. The molecule has 3 heteroatoms. The Morgan fingerprint density at radius 3 is 1.74 bits per heavy atom. The topological polar surface area (TPSA) is 55.3 Å². The van der Waals surface area contributed by atoms with Crippen molar-refractivity contribution in [1.29, 1.82) is 0 Å². The fraction of sp³-hybridized carbons (Fsp3) is 1.00. The molecule has 23 heavy (non-hydrogen) atoms. The van der Waals surface area contributed by atoms with Gasteiger partial charge in [-0.3, -0.25) is 0 Å². The smallest absolute Gasteiger partial charge is 0.00623 e. The van der Waals surface area contributed by atoms with Crippen molar-refractivity contribution in [3.8, 4) is 0 Å². The number of nitrogens with two attached hydrogens (primary N) is 2. The minimum atomic E-state index is 0.374. The van der Waals surface area contributed by atoms with Crippen molar-refractivity contribution in [2.24, 2.45) is 17.4 Å². The summed E-state index contributed by atoms with van der Waals surface area (Å²) >= 11 is 0. The maximum atomic E-state index is 6.09. The van der Waals surface area contributed by atoms with Gasteiger partial charge in [0.15, 0.2) is 0 Å². The molecule has 0 radical (unpaired) electrons. The summed E-state index contributed by atoms with van der Waals surface area (Å²) in [5.41, 5.74) is 11.6. The van der Waals surface area contributed by atoms with Gasteiger partial charge in [0.1, 0.15) is 0 Å². The minimum Gasteiger partial charge on any atom is -0.330 e. The van der Waals surface area contributed by atoms with E-state index in [9.17, 15) is 0 Å². The number of rotatable bonds is 17. The number of unbranched alkanes of at least 4 members (excludes halogenated alkanes) is 9. The molecule has 0 fully saturated rings. The van der Waals surface area contributed by atoms with E-state index in [2.05, 4.69) is 25.8 Å². The monoisotopic (exact) mass is 327 g/mol. The van der Waals surface area contributed by atoms with E-state index in [1.54, 1.807) is 0 Å². The molecule has 0 aromatic carbocycles. The van der Waals surface area contributed by atoms with Gasteiger partial charge in [-0.2, -0.15) is 0 Å². The minimum absolute atomic E-state index is 0.374. The summed E-state index contributed by atoms with van der Waals surface area (Å²) in [7, 11) is 2.26. The molecule has 0 amide bonds. The lowest BCUT2D eigenvalue weighted by Gasteiger charge is -2.22. The largest absolute Gasteiger partial charge is 0.330 e. The van der Waals surface area contributed by atoms with Crippen molar-refractivity contribution in [2.75, 3.05) is 26.7 Å². The van der Waals surface area contributed by atoms with Crippen LogP contribution in [0.1, 0.15) is 90.9 Å². The van der Waals surface area contributed by atoms with E-state index in [0.29, 0.717) is 12.0 Å². The number of hydrogen-bond acceptors (Lipinski definition) is 3. The molecule has 0 rings (SSSR count). The van der Waals surface area contributed by atoms with Crippen LogP contribution in [0.5, 0.6) is 0 Å². The van der Waals surface area contributed by atoms with Crippen LogP contribution in [0.15, 0.2) is 0 Å². The average molecular weight is 328 g/mol. The first-order valence-corrected chi connectivity index (χ1v) is 10.3. The van der Waals surface area contributed by atoms with E-state index >= 15 is 0 Å². The van der Waals surface area contributed by atoms with Gasteiger partial charge in [-0.1, -0.05) is 65.2 Å². The molecule has 0 bridgehead atoms. The Morgan fingerprint density at radius 1 is 0.783 bits per heavy atom. The van der Waals surface area contributed by atoms with Gasteiger partial charge in [-0.15, -0.1) is 0 Å². The summed E-state index contributed by atoms with van der Waals surface area (Å²) in [5.74, 6) is 0.646. The molecular weight excluding hydrogens is 282 g/mol. The van der Waals surface area contributed by atoms with Crippen LogP contribution in [0, 0.1) is 5.92 Å². The van der Waals surface area contributed by atoms with Gasteiger partial charge in [-0.05, 0) is 58.3 Å². The summed E-state index contributed by atoms with van der Waals surface area (Å²) in [6, 6.07) is 0.374. The SMILES string of the molecule is CCC(N)C(C)CCN(C)CCCCCCCCCCCCN. The van der Waals surface area contributed by atoms with Crippen molar-refractivity contribution in [3.63, 3.8) is 0 Å². The molecule has 0 aliphatic heterocycles. The van der Waals surface area contributed by atoms with Crippen LogP contribution >= 0.6 is 0 Å². The fourth-order valence-electron chi connectivity index (χ4n) is 3.09. The summed E-state index contributed by atoms with van der Waals surface area (Å²) in [6.45, 7) is 7.77. The van der Waals surface area contributed by atoms with Crippen LogP contribution in [-0.2, 0) is 0 Å². The van der Waals surface area contributed by atoms with E-state index in [4.69, 9.17) is 11.5 Å². The molecule has 4 N–H and O–H groups in total. The first kappa shape index (κ1) is 22.9. The first-order valence-electron chi connectivity index (χ1n) is 10.3. The second-order valence-electron chi connectivity index (χ2n) is 7.47. The molecule has 140 valence electrons. The van der Waals surface area contributed by atoms with Crippen molar-refractivity contribution in [1.82, 2.24) is 4.90 Å². The third kappa shape index (κ3) is 15.2. The number of hydrogen-bond donors (Lipinski definition) is 2. The Kier molecular flexibility index (Phi) is 16.6. The second kappa shape index (κ2) is 16.7. The van der Waals surface area contributed by atoms with E-state index in [-0.39, 0.29) is 0 Å². The van der Waals surface area contributed by atoms with E-state index < -0.39 is 0 Å². The van der Waals surface area contributed by atoms with Crippen LogP contribution in [0.2, 0.25) is 0 Å². The van der Waals surface area contributed by atoms with Crippen LogP contribution < -0.4 is 11.5 Å². The Bertz CT molecular complexity index is 233. The highest BCUT2D eigenvalue weighted by Gasteiger charge is 2.11. The fourth-order valence-corrected chi connectivity index (χ4v) is 3.09. The summed E-state index contributed by atoms with van der Waals surface area (Å²) < 4.78 is 0. The van der Waals surface area contributed by atoms with Crippen LogP contribution in [0.4, 0.5) is 0 Å².